The van der Waals surface area contributed by atoms with Crippen LogP contribution >= 0.6 is 0 Å². The zero-order valence-corrected chi connectivity index (χ0v) is 23.6. The Kier molecular flexibility index (Phi) is 6.10. The molecule has 0 N–H and O–H groups in total. The summed E-state index contributed by atoms with van der Waals surface area (Å²) in [6, 6.07) is 0. The van der Waals surface area contributed by atoms with Crippen LogP contribution in [0, 0.1) is 51.8 Å². The average Bonchev–Trinajstić information content (AvgIpc) is 3.39. The van der Waals surface area contributed by atoms with E-state index >= 15 is 0 Å². The lowest BCUT2D eigenvalue weighted by Gasteiger charge is -2.63. The van der Waals surface area contributed by atoms with E-state index in [0.717, 1.165) is 31.6 Å². The molecule has 0 aromatic rings. The van der Waals surface area contributed by atoms with E-state index in [4.69, 9.17) is 9.47 Å². The molecule has 5 rings (SSSR count). The molecule has 4 saturated carbocycles. The molecule has 1 spiro atoms. The van der Waals surface area contributed by atoms with Crippen molar-refractivity contribution in [3.63, 3.8) is 0 Å². The first-order valence-electron chi connectivity index (χ1n) is 14.7. The van der Waals surface area contributed by atoms with Crippen LogP contribution in [0.15, 0.2) is 0 Å². The number of ether oxygens (including phenoxy) is 2. The summed E-state index contributed by atoms with van der Waals surface area (Å²) in [7, 11) is 0. The van der Waals surface area contributed by atoms with Gasteiger partial charge in [0.15, 0.2) is 0 Å². The molecule has 0 aromatic heterocycles. The van der Waals surface area contributed by atoms with Crippen molar-refractivity contribution in [2.75, 3.05) is 0 Å². The van der Waals surface area contributed by atoms with Crippen molar-refractivity contribution in [3.8, 4) is 0 Å². The molecule has 0 radical (unpaired) electrons. The first kappa shape index (κ1) is 25.7. The molecule has 0 unspecified atom stereocenters. The molecule has 4 aliphatic carbocycles. The summed E-state index contributed by atoms with van der Waals surface area (Å²) in [6.45, 7) is 18.3. The largest absolute Gasteiger partial charge is 0.462 e. The highest BCUT2D eigenvalue weighted by atomic mass is 16.6. The molecule has 5 aliphatic rings. The van der Waals surface area contributed by atoms with Crippen molar-refractivity contribution in [3.05, 3.63) is 0 Å². The summed E-state index contributed by atoms with van der Waals surface area (Å²) in [6.07, 6.45) is 10.1. The van der Waals surface area contributed by atoms with Crippen LogP contribution in [0.1, 0.15) is 113 Å². The average molecular weight is 487 g/mol. The minimum atomic E-state index is -0.299. The first-order chi connectivity index (χ1) is 16.3. The lowest BCUT2D eigenvalue weighted by molar-refractivity contribution is -0.186. The number of Topliss-reactive ketones (excluding diaryl/α,β-unsaturated/α-hetero) is 1. The van der Waals surface area contributed by atoms with Gasteiger partial charge < -0.3 is 9.47 Å². The minimum Gasteiger partial charge on any atom is -0.462 e. The smallest absolute Gasteiger partial charge is 0.302 e. The molecule has 11 atom stereocenters. The van der Waals surface area contributed by atoms with Gasteiger partial charge in [0.1, 0.15) is 17.5 Å². The predicted octanol–water partition coefficient (Wildman–Crippen LogP) is 6.99. The van der Waals surface area contributed by atoms with Crippen LogP contribution in [-0.2, 0) is 19.1 Å². The van der Waals surface area contributed by atoms with E-state index in [2.05, 4.69) is 48.5 Å². The number of rotatable bonds is 6. The molecule has 5 fully saturated rings. The SMILES string of the molecule is CC(=O)O[C@H]1CC[C@@]2(C)[C@@H](CC(=O)[C@@H]3[C@]24O[C@@H]4C[C@]2(C)[C@@H]([C@H](C)CCCC(C)C)CC[C@@]32C)[C@@H]1C. The highest BCUT2D eigenvalue weighted by Gasteiger charge is 2.84. The molecule has 4 nitrogen and oxygen atoms in total. The maximum absolute atomic E-state index is 14.2. The molecule has 0 amide bonds. The number of carbonyl (C=O) groups excluding carboxylic acids is 2. The van der Waals surface area contributed by atoms with E-state index in [9.17, 15) is 9.59 Å². The van der Waals surface area contributed by atoms with Gasteiger partial charge in [-0.3, -0.25) is 9.59 Å². The Morgan fingerprint density at radius 2 is 1.74 bits per heavy atom. The summed E-state index contributed by atoms with van der Waals surface area (Å²) in [4.78, 5) is 25.9. The Morgan fingerprint density at radius 1 is 1.06 bits per heavy atom. The molecule has 1 aliphatic heterocycles. The van der Waals surface area contributed by atoms with Crippen LogP contribution in [0.4, 0.5) is 0 Å². The van der Waals surface area contributed by atoms with Gasteiger partial charge in [-0.15, -0.1) is 0 Å². The molecule has 198 valence electrons. The van der Waals surface area contributed by atoms with Crippen molar-refractivity contribution in [1.29, 1.82) is 0 Å². The fourth-order valence-electron chi connectivity index (χ4n) is 10.6. The lowest BCUT2D eigenvalue weighted by Crippen LogP contribution is -2.68. The van der Waals surface area contributed by atoms with Gasteiger partial charge >= 0.3 is 5.97 Å². The van der Waals surface area contributed by atoms with Gasteiger partial charge in [-0.05, 0) is 72.5 Å². The predicted molar refractivity (Wildman–Crippen MR) is 138 cm³/mol. The third-order valence-electron chi connectivity index (χ3n) is 12.6. The second-order valence-corrected chi connectivity index (χ2v) is 14.6. The number of hydrogen-bond donors (Lipinski definition) is 0. The van der Waals surface area contributed by atoms with E-state index in [1.165, 1.54) is 32.6 Å². The summed E-state index contributed by atoms with van der Waals surface area (Å²) < 4.78 is 12.6. The number of epoxide rings is 1. The van der Waals surface area contributed by atoms with E-state index < -0.39 is 0 Å². The van der Waals surface area contributed by atoms with Crippen molar-refractivity contribution >= 4 is 11.8 Å². The van der Waals surface area contributed by atoms with Gasteiger partial charge in [0.05, 0.1) is 12.0 Å². The Balaban J connectivity index is 1.43. The topological polar surface area (TPSA) is 55.9 Å². The normalized spacial score (nSPS) is 51.2. The van der Waals surface area contributed by atoms with Crippen LogP contribution in [0.5, 0.6) is 0 Å². The quantitative estimate of drug-likeness (QED) is 0.300. The van der Waals surface area contributed by atoms with Gasteiger partial charge in [0, 0.05) is 18.8 Å². The summed E-state index contributed by atoms with van der Waals surface area (Å²) in [5.41, 5.74) is -0.138. The van der Waals surface area contributed by atoms with Crippen molar-refractivity contribution < 1.29 is 19.1 Å². The molecule has 1 saturated heterocycles. The van der Waals surface area contributed by atoms with Crippen LogP contribution in [0.2, 0.25) is 0 Å². The Labute approximate surface area is 213 Å². The first-order valence-corrected chi connectivity index (χ1v) is 14.7. The van der Waals surface area contributed by atoms with E-state index in [1.807, 2.05) is 0 Å². The van der Waals surface area contributed by atoms with Gasteiger partial charge in [-0.25, -0.2) is 0 Å². The van der Waals surface area contributed by atoms with Crippen molar-refractivity contribution in [1.82, 2.24) is 0 Å². The van der Waals surface area contributed by atoms with E-state index in [0.29, 0.717) is 24.0 Å². The Hall–Kier alpha value is -0.900. The molecular formula is C31H50O4. The van der Waals surface area contributed by atoms with Gasteiger partial charge in [-0.1, -0.05) is 67.7 Å². The third kappa shape index (κ3) is 3.40. The lowest BCUT2D eigenvalue weighted by atomic mass is 9.39. The molecular weight excluding hydrogens is 436 g/mol. The van der Waals surface area contributed by atoms with Gasteiger partial charge in [0.25, 0.3) is 0 Å². The van der Waals surface area contributed by atoms with Crippen LogP contribution in [0.3, 0.4) is 0 Å². The highest BCUT2D eigenvalue weighted by Crippen LogP contribution is 2.80. The van der Waals surface area contributed by atoms with Crippen molar-refractivity contribution in [2.24, 2.45) is 51.8 Å². The highest BCUT2D eigenvalue weighted by molar-refractivity contribution is 5.86. The molecule has 1 heterocycles. The second kappa shape index (κ2) is 8.30. The maximum atomic E-state index is 14.2. The van der Waals surface area contributed by atoms with Crippen LogP contribution in [-0.4, -0.2) is 29.6 Å². The fourth-order valence-corrected chi connectivity index (χ4v) is 10.6. The molecule has 35 heavy (non-hydrogen) atoms. The molecule has 0 aromatic carbocycles. The van der Waals surface area contributed by atoms with Crippen molar-refractivity contribution in [2.45, 2.75) is 131 Å². The summed E-state index contributed by atoms with van der Waals surface area (Å²) in [5, 5.41) is 0. The maximum Gasteiger partial charge on any atom is 0.302 e. The Morgan fingerprint density at radius 3 is 2.40 bits per heavy atom. The number of ketones is 1. The number of carbonyl (C=O) groups is 2. The van der Waals surface area contributed by atoms with E-state index in [-0.39, 0.29) is 57.8 Å². The zero-order valence-electron chi connectivity index (χ0n) is 23.6. The molecule has 0 bridgehead atoms. The molecule has 4 heteroatoms. The number of hydrogen-bond acceptors (Lipinski definition) is 4. The fraction of sp³-hybridized carbons (Fsp3) is 0.935. The van der Waals surface area contributed by atoms with Gasteiger partial charge in [0.2, 0.25) is 0 Å². The number of esters is 1. The monoisotopic (exact) mass is 486 g/mol. The second-order valence-electron chi connectivity index (χ2n) is 14.6. The summed E-state index contributed by atoms with van der Waals surface area (Å²) in [5.74, 6) is 2.83. The summed E-state index contributed by atoms with van der Waals surface area (Å²) >= 11 is 0. The standard InChI is InChI=1S/C31H50O4/c1-18(2)10-9-11-19(3)22-12-14-29(7)27-24(33)16-23-20(4)25(34-21(5)32)13-15-28(23,6)31(27)26(35-31)17-30(22,29)8/h18-20,22-23,25-27H,9-17H2,1-8H3/t19-,20+,22-,23+,25+,26-,27+,28+,29+,30-,31+/m1/s1. The zero-order chi connectivity index (χ0) is 25.6. The Bertz CT molecular complexity index is 881. The van der Waals surface area contributed by atoms with E-state index in [1.54, 1.807) is 0 Å². The minimum absolute atomic E-state index is 0.0119. The van der Waals surface area contributed by atoms with Crippen LogP contribution in [0.25, 0.3) is 0 Å². The number of fused-ring (bicyclic) bond motifs is 3. The van der Waals surface area contributed by atoms with Gasteiger partial charge in [-0.2, -0.15) is 0 Å². The van der Waals surface area contributed by atoms with Crippen LogP contribution < -0.4 is 0 Å². The third-order valence-corrected chi connectivity index (χ3v) is 12.6.